The van der Waals surface area contributed by atoms with Crippen LogP contribution in [0.1, 0.15) is 20.3 Å². The van der Waals surface area contributed by atoms with Crippen molar-refractivity contribution in [1.29, 1.82) is 0 Å². The molecule has 0 radical (unpaired) electrons. The molecule has 7 heteroatoms. The van der Waals surface area contributed by atoms with Crippen LogP contribution < -0.4 is 4.72 Å². The Morgan fingerprint density at radius 1 is 1.11 bits per heavy atom. The van der Waals surface area contributed by atoms with Gasteiger partial charge < -0.3 is 14.7 Å². The molecule has 0 aliphatic carbocycles. The first-order chi connectivity index (χ1) is 8.27. The molecule has 0 saturated carbocycles. The topological polar surface area (TPSA) is 86.6 Å². The Kier molecular flexibility index (Phi) is 7.97. The van der Waals surface area contributed by atoms with E-state index < -0.39 is 15.3 Å². The Hall–Kier alpha value is -0.210. The normalized spacial score (nSPS) is 13.2. The van der Waals surface area contributed by atoms with Crippen molar-refractivity contribution in [3.8, 4) is 0 Å². The molecule has 0 saturated heterocycles. The van der Waals surface area contributed by atoms with Crippen molar-refractivity contribution >= 4 is 10.0 Å². The van der Waals surface area contributed by atoms with Crippen LogP contribution in [0.25, 0.3) is 0 Å². The highest BCUT2D eigenvalue weighted by atomic mass is 32.2. The predicted molar refractivity (Wildman–Crippen MR) is 71.6 cm³/mol. The van der Waals surface area contributed by atoms with Crippen molar-refractivity contribution < 1.29 is 23.1 Å². The van der Waals surface area contributed by atoms with E-state index in [1.165, 1.54) is 0 Å². The van der Waals surface area contributed by atoms with E-state index in [2.05, 4.69) is 4.72 Å². The Morgan fingerprint density at radius 2 is 1.61 bits per heavy atom. The number of aliphatic hydroxyl groups is 2. The fourth-order valence-electron chi connectivity index (χ4n) is 1.66. The van der Waals surface area contributed by atoms with E-state index >= 15 is 0 Å². The smallest absolute Gasteiger partial charge is 0.213 e. The van der Waals surface area contributed by atoms with Gasteiger partial charge in [-0.25, -0.2) is 13.1 Å². The van der Waals surface area contributed by atoms with Gasteiger partial charge in [-0.15, -0.1) is 0 Å². The maximum atomic E-state index is 11.5. The van der Waals surface area contributed by atoms with Crippen molar-refractivity contribution in [2.45, 2.75) is 25.5 Å². The molecule has 0 atom stereocenters. The number of hydrogen-bond donors (Lipinski definition) is 3. The zero-order valence-electron chi connectivity index (χ0n) is 11.6. The van der Waals surface area contributed by atoms with Crippen molar-refractivity contribution in [1.82, 2.24) is 4.72 Å². The molecule has 6 nitrogen and oxygen atoms in total. The van der Waals surface area contributed by atoms with Gasteiger partial charge in [0.1, 0.15) is 13.1 Å². The lowest BCUT2D eigenvalue weighted by molar-refractivity contribution is -0.910. The van der Waals surface area contributed by atoms with Crippen molar-refractivity contribution in [2.75, 3.05) is 46.4 Å². The summed E-state index contributed by atoms with van der Waals surface area (Å²) in [6, 6.07) is 0. The quantitative estimate of drug-likeness (QED) is 0.359. The molecule has 0 fully saturated rings. The van der Waals surface area contributed by atoms with E-state index in [0.29, 0.717) is 30.5 Å². The van der Waals surface area contributed by atoms with Gasteiger partial charge in [0.25, 0.3) is 0 Å². The van der Waals surface area contributed by atoms with Crippen LogP contribution in [0.15, 0.2) is 0 Å². The molecule has 0 aliphatic heterocycles. The summed E-state index contributed by atoms with van der Waals surface area (Å²) in [5.74, 6) is 0. The minimum Gasteiger partial charge on any atom is -0.391 e. The standard InChI is InChI=1S/C11H27N2O4S/c1-11(2)18(16,17)12-5-4-6-13(3,7-9-14)8-10-15/h11-12,14-15H,4-10H2,1-3H3/q+1. The fourth-order valence-corrected chi connectivity index (χ4v) is 2.42. The van der Waals surface area contributed by atoms with E-state index in [0.717, 1.165) is 6.54 Å². The summed E-state index contributed by atoms with van der Waals surface area (Å²) in [6.45, 7) is 5.66. The highest BCUT2D eigenvalue weighted by molar-refractivity contribution is 7.90. The number of likely N-dealkylation sites (N-methyl/N-ethyl adjacent to an activating group) is 1. The summed E-state index contributed by atoms with van der Waals surface area (Å²) in [5, 5.41) is 17.5. The van der Waals surface area contributed by atoms with Crippen LogP contribution in [0.5, 0.6) is 0 Å². The first kappa shape index (κ1) is 17.8. The molecular formula is C11H27N2O4S+. The lowest BCUT2D eigenvalue weighted by atomic mass is 10.3. The molecule has 0 aromatic heterocycles. The van der Waals surface area contributed by atoms with E-state index in [9.17, 15) is 8.42 Å². The van der Waals surface area contributed by atoms with Gasteiger partial charge >= 0.3 is 0 Å². The van der Waals surface area contributed by atoms with E-state index in [1.807, 2.05) is 7.05 Å². The molecule has 0 spiro atoms. The Labute approximate surface area is 110 Å². The van der Waals surface area contributed by atoms with Crippen LogP contribution in [0.3, 0.4) is 0 Å². The molecule has 0 heterocycles. The maximum Gasteiger partial charge on any atom is 0.213 e. The first-order valence-electron chi connectivity index (χ1n) is 6.31. The van der Waals surface area contributed by atoms with Crippen LogP contribution in [-0.4, -0.2) is 74.8 Å². The number of nitrogens with one attached hydrogen (secondary N) is 1. The summed E-state index contributed by atoms with van der Waals surface area (Å²) in [4.78, 5) is 0. The average Bonchev–Trinajstić information content (AvgIpc) is 2.25. The second-order valence-electron chi connectivity index (χ2n) is 5.08. The maximum absolute atomic E-state index is 11.5. The zero-order valence-corrected chi connectivity index (χ0v) is 12.4. The SMILES string of the molecule is CC(C)S(=O)(=O)NCCC[N+](C)(CCO)CCO. The third-order valence-electron chi connectivity index (χ3n) is 3.08. The minimum atomic E-state index is -3.20. The third-order valence-corrected chi connectivity index (χ3v) is 4.93. The first-order valence-corrected chi connectivity index (χ1v) is 7.86. The molecule has 0 aromatic carbocycles. The molecule has 110 valence electrons. The summed E-state index contributed by atoms with van der Waals surface area (Å²) in [7, 11) is -1.25. The minimum absolute atomic E-state index is 0.0637. The number of hydrogen-bond acceptors (Lipinski definition) is 4. The predicted octanol–water partition coefficient (Wildman–Crippen LogP) is -0.864. The molecule has 18 heavy (non-hydrogen) atoms. The fraction of sp³-hybridized carbons (Fsp3) is 1.00. The van der Waals surface area contributed by atoms with Crippen LogP contribution in [-0.2, 0) is 10.0 Å². The highest BCUT2D eigenvalue weighted by Gasteiger charge is 2.20. The van der Waals surface area contributed by atoms with Gasteiger partial charge in [-0.3, -0.25) is 0 Å². The van der Waals surface area contributed by atoms with Gasteiger partial charge in [0.15, 0.2) is 0 Å². The molecule has 0 unspecified atom stereocenters. The molecule has 0 amide bonds. The van der Waals surface area contributed by atoms with E-state index in [4.69, 9.17) is 10.2 Å². The summed E-state index contributed by atoms with van der Waals surface area (Å²) in [5.41, 5.74) is 0. The van der Waals surface area contributed by atoms with Gasteiger partial charge in [-0.05, 0) is 13.8 Å². The average molecular weight is 283 g/mol. The molecular weight excluding hydrogens is 256 g/mol. The Bertz CT molecular complexity index is 311. The number of nitrogens with zero attached hydrogens (tertiary/aromatic N) is 1. The van der Waals surface area contributed by atoms with Crippen LogP contribution in [0, 0.1) is 0 Å². The van der Waals surface area contributed by atoms with Gasteiger partial charge in [0.2, 0.25) is 10.0 Å². The van der Waals surface area contributed by atoms with Gasteiger partial charge in [-0.2, -0.15) is 0 Å². The van der Waals surface area contributed by atoms with Gasteiger partial charge in [0, 0.05) is 13.0 Å². The number of rotatable bonds is 10. The van der Waals surface area contributed by atoms with Crippen LogP contribution >= 0.6 is 0 Å². The summed E-state index contributed by atoms with van der Waals surface area (Å²) in [6.07, 6.45) is 0.683. The lowest BCUT2D eigenvalue weighted by Gasteiger charge is -2.33. The third kappa shape index (κ3) is 6.65. The molecule has 0 aromatic rings. The molecule has 3 N–H and O–H groups in total. The van der Waals surface area contributed by atoms with Crippen LogP contribution in [0.2, 0.25) is 0 Å². The summed E-state index contributed by atoms with van der Waals surface area (Å²) >= 11 is 0. The van der Waals surface area contributed by atoms with E-state index in [1.54, 1.807) is 13.8 Å². The van der Waals surface area contributed by atoms with Crippen molar-refractivity contribution in [3.05, 3.63) is 0 Å². The lowest BCUT2D eigenvalue weighted by Crippen LogP contribution is -2.49. The largest absolute Gasteiger partial charge is 0.391 e. The molecule has 0 aliphatic rings. The highest BCUT2D eigenvalue weighted by Crippen LogP contribution is 2.03. The van der Waals surface area contributed by atoms with Gasteiger partial charge in [0.05, 0.1) is 32.1 Å². The molecule has 0 rings (SSSR count). The van der Waals surface area contributed by atoms with Crippen molar-refractivity contribution in [2.24, 2.45) is 0 Å². The van der Waals surface area contributed by atoms with Gasteiger partial charge in [-0.1, -0.05) is 0 Å². The second kappa shape index (κ2) is 8.06. The molecule has 0 bridgehead atoms. The summed E-state index contributed by atoms with van der Waals surface area (Å²) < 4.78 is 26.1. The number of sulfonamides is 1. The second-order valence-corrected chi connectivity index (χ2v) is 7.40. The van der Waals surface area contributed by atoms with Crippen LogP contribution in [0.4, 0.5) is 0 Å². The number of quaternary nitrogens is 1. The number of aliphatic hydroxyl groups excluding tert-OH is 2. The zero-order chi connectivity index (χ0) is 14.2. The Balaban J connectivity index is 4.08. The van der Waals surface area contributed by atoms with E-state index in [-0.39, 0.29) is 13.2 Å². The monoisotopic (exact) mass is 283 g/mol. The van der Waals surface area contributed by atoms with Crippen molar-refractivity contribution in [3.63, 3.8) is 0 Å². The Morgan fingerprint density at radius 3 is 2.00 bits per heavy atom.